The zero-order valence-corrected chi connectivity index (χ0v) is 16.6. The van der Waals surface area contributed by atoms with Crippen molar-refractivity contribution < 1.29 is 9.53 Å². The lowest BCUT2D eigenvalue weighted by Crippen LogP contribution is -2.21. The van der Waals surface area contributed by atoms with Crippen LogP contribution in [0, 0.1) is 6.92 Å². The number of nitrogens with zero attached hydrogens (tertiary/aromatic N) is 2. The number of aryl methyl sites for hydroxylation is 1. The van der Waals surface area contributed by atoms with Crippen molar-refractivity contribution in [3.63, 3.8) is 0 Å². The van der Waals surface area contributed by atoms with Crippen LogP contribution >= 0.6 is 11.6 Å². The molecule has 0 saturated heterocycles. The predicted molar refractivity (Wildman–Crippen MR) is 109 cm³/mol. The summed E-state index contributed by atoms with van der Waals surface area (Å²) in [5.41, 5.74) is 4.20. The van der Waals surface area contributed by atoms with Crippen molar-refractivity contribution in [1.82, 2.24) is 9.88 Å². The Morgan fingerprint density at radius 1 is 1.15 bits per heavy atom. The van der Waals surface area contributed by atoms with E-state index in [1.165, 1.54) is 0 Å². The lowest BCUT2D eigenvalue weighted by molar-refractivity contribution is 0.0522. The van der Waals surface area contributed by atoms with Crippen LogP contribution in [-0.4, -0.2) is 29.5 Å². The van der Waals surface area contributed by atoms with E-state index in [0.717, 1.165) is 27.7 Å². The van der Waals surface area contributed by atoms with Gasteiger partial charge in [-0.25, -0.2) is 4.79 Å². The summed E-state index contributed by atoms with van der Waals surface area (Å²) in [6, 6.07) is 15.6. The SMILES string of the molecule is CCOC(=O)c1c(CN(C)Cc2cccc(Cl)c2)nc2ccccc2c1C. The standard InChI is InChI=1S/C22H23ClN2O2/c1-4-27-22(26)21-15(2)18-10-5-6-11-19(18)24-20(21)14-25(3)13-16-8-7-9-17(23)12-16/h5-12H,4,13-14H2,1-3H3. The third-order valence-electron chi connectivity index (χ3n) is 4.47. The van der Waals surface area contributed by atoms with Crippen LogP contribution in [0.25, 0.3) is 10.9 Å². The van der Waals surface area contributed by atoms with Crippen molar-refractivity contribution >= 4 is 28.5 Å². The van der Waals surface area contributed by atoms with Gasteiger partial charge in [0.15, 0.2) is 0 Å². The fourth-order valence-electron chi connectivity index (χ4n) is 3.29. The number of carbonyl (C=O) groups is 1. The Balaban J connectivity index is 1.96. The first-order chi connectivity index (χ1) is 13.0. The van der Waals surface area contributed by atoms with Gasteiger partial charge in [-0.3, -0.25) is 9.88 Å². The van der Waals surface area contributed by atoms with Crippen LogP contribution in [0.15, 0.2) is 48.5 Å². The van der Waals surface area contributed by atoms with E-state index in [-0.39, 0.29) is 5.97 Å². The molecule has 0 amide bonds. The Morgan fingerprint density at radius 2 is 1.93 bits per heavy atom. The van der Waals surface area contributed by atoms with Gasteiger partial charge in [-0.2, -0.15) is 0 Å². The Hall–Kier alpha value is -2.43. The maximum absolute atomic E-state index is 12.6. The van der Waals surface area contributed by atoms with Crippen molar-refractivity contribution in [1.29, 1.82) is 0 Å². The third kappa shape index (κ3) is 4.46. The van der Waals surface area contributed by atoms with Crippen LogP contribution in [0.5, 0.6) is 0 Å². The third-order valence-corrected chi connectivity index (χ3v) is 4.70. The van der Waals surface area contributed by atoms with E-state index in [1.807, 2.05) is 69.4 Å². The van der Waals surface area contributed by atoms with Gasteiger partial charge < -0.3 is 4.74 Å². The molecule has 2 aromatic carbocycles. The molecular weight excluding hydrogens is 360 g/mol. The summed E-state index contributed by atoms with van der Waals surface area (Å²) in [6.07, 6.45) is 0. The monoisotopic (exact) mass is 382 g/mol. The molecule has 0 bridgehead atoms. The molecule has 27 heavy (non-hydrogen) atoms. The largest absolute Gasteiger partial charge is 0.462 e. The molecule has 140 valence electrons. The highest BCUT2D eigenvalue weighted by molar-refractivity contribution is 6.30. The Morgan fingerprint density at radius 3 is 2.67 bits per heavy atom. The summed E-state index contributed by atoms with van der Waals surface area (Å²) in [7, 11) is 2.00. The minimum atomic E-state index is -0.320. The van der Waals surface area contributed by atoms with Gasteiger partial charge in [0.2, 0.25) is 0 Å². The number of benzene rings is 2. The van der Waals surface area contributed by atoms with Crippen LogP contribution in [0.3, 0.4) is 0 Å². The summed E-state index contributed by atoms with van der Waals surface area (Å²) >= 11 is 6.08. The number of pyridine rings is 1. The van der Waals surface area contributed by atoms with Gasteiger partial charge in [0, 0.05) is 23.5 Å². The van der Waals surface area contributed by atoms with Gasteiger partial charge in [-0.05, 0) is 50.2 Å². The van der Waals surface area contributed by atoms with E-state index in [1.54, 1.807) is 0 Å². The number of fused-ring (bicyclic) bond motifs is 1. The maximum Gasteiger partial charge on any atom is 0.340 e. The second kappa shape index (κ2) is 8.51. The molecule has 0 aliphatic rings. The van der Waals surface area contributed by atoms with E-state index in [0.29, 0.717) is 30.3 Å². The number of ether oxygens (including phenoxy) is 1. The molecule has 0 unspecified atom stereocenters. The number of aromatic nitrogens is 1. The number of hydrogen-bond acceptors (Lipinski definition) is 4. The predicted octanol–water partition coefficient (Wildman–Crippen LogP) is 5.01. The minimum absolute atomic E-state index is 0.320. The fraction of sp³-hybridized carbons (Fsp3) is 0.273. The van der Waals surface area contributed by atoms with Gasteiger partial charge in [-0.15, -0.1) is 0 Å². The van der Waals surface area contributed by atoms with Crippen molar-refractivity contribution in [2.24, 2.45) is 0 Å². The van der Waals surface area contributed by atoms with Gasteiger partial charge >= 0.3 is 5.97 Å². The highest BCUT2D eigenvalue weighted by Crippen LogP contribution is 2.25. The van der Waals surface area contributed by atoms with Crippen molar-refractivity contribution in [3.05, 3.63) is 75.9 Å². The van der Waals surface area contributed by atoms with Crippen LogP contribution in [0.1, 0.15) is 34.1 Å². The quantitative estimate of drug-likeness (QED) is 0.562. The molecule has 0 saturated carbocycles. The molecule has 0 aliphatic heterocycles. The molecule has 0 atom stereocenters. The van der Waals surface area contributed by atoms with Gasteiger partial charge in [0.1, 0.15) is 0 Å². The second-order valence-electron chi connectivity index (χ2n) is 6.60. The number of halogens is 1. The van der Waals surface area contributed by atoms with E-state index in [9.17, 15) is 4.79 Å². The summed E-state index contributed by atoms with van der Waals surface area (Å²) in [5.74, 6) is -0.320. The van der Waals surface area contributed by atoms with E-state index in [4.69, 9.17) is 21.3 Å². The first kappa shape index (κ1) is 19.3. The lowest BCUT2D eigenvalue weighted by Gasteiger charge is -2.20. The van der Waals surface area contributed by atoms with Gasteiger partial charge in [-0.1, -0.05) is 41.9 Å². The molecule has 5 heteroatoms. The summed E-state index contributed by atoms with van der Waals surface area (Å²) in [4.78, 5) is 19.5. The number of carbonyl (C=O) groups excluding carboxylic acids is 1. The number of esters is 1. The molecule has 0 spiro atoms. The average molecular weight is 383 g/mol. The first-order valence-corrected chi connectivity index (χ1v) is 9.35. The van der Waals surface area contributed by atoms with Gasteiger partial charge in [0.05, 0.1) is 23.4 Å². The molecule has 1 heterocycles. The van der Waals surface area contributed by atoms with Crippen LogP contribution < -0.4 is 0 Å². The molecule has 3 aromatic rings. The molecule has 1 aromatic heterocycles. The summed E-state index contributed by atoms with van der Waals surface area (Å²) < 4.78 is 5.30. The number of para-hydroxylation sites is 1. The van der Waals surface area contributed by atoms with E-state index >= 15 is 0 Å². The Kier molecular flexibility index (Phi) is 6.09. The van der Waals surface area contributed by atoms with Crippen LogP contribution in [-0.2, 0) is 17.8 Å². The maximum atomic E-state index is 12.6. The summed E-state index contributed by atoms with van der Waals surface area (Å²) in [6.45, 7) is 5.34. The Bertz CT molecular complexity index is 972. The topological polar surface area (TPSA) is 42.4 Å². The summed E-state index contributed by atoms with van der Waals surface area (Å²) in [5, 5.41) is 1.69. The van der Waals surface area contributed by atoms with E-state index < -0.39 is 0 Å². The molecule has 0 radical (unpaired) electrons. The molecular formula is C22H23ClN2O2. The first-order valence-electron chi connectivity index (χ1n) is 8.98. The Labute approximate surface area is 164 Å². The normalized spacial score (nSPS) is 11.1. The molecule has 0 aliphatic carbocycles. The lowest BCUT2D eigenvalue weighted by atomic mass is 10.0. The van der Waals surface area contributed by atoms with Crippen LogP contribution in [0.2, 0.25) is 5.02 Å². The average Bonchev–Trinajstić information content (AvgIpc) is 2.62. The second-order valence-corrected chi connectivity index (χ2v) is 7.03. The van der Waals surface area contributed by atoms with Gasteiger partial charge in [0.25, 0.3) is 0 Å². The van der Waals surface area contributed by atoms with Crippen LogP contribution in [0.4, 0.5) is 0 Å². The fourth-order valence-corrected chi connectivity index (χ4v) is 3.50. The highest BCUT2D eigenvalue weighted by atomic mass is 35.5. The highest BCUT2D eigenvalue weighted by Gasteiger charge is 2.20. The zero-order valence-electron chi connectivity index (χ0n) is 15.8. The zero-order chi connectivity index (χ0) is 19.4. The molecule has 3 rings (SSSR count). The number of hydrogen-bond donors (Lipinski definition) is 0. The molecule has 4 nitrogen and oxygen atoms in total. The van der Waals surface area contributed by atoms with Crippen molar-refractivity contribution in [3.8, 4) is 0 Å². The molecule has 0 fully saturated rings. The minimum Gasteiger partial charge on any atom is -0.462 e. The van der Waals surface area contributed by atoms with Crippen molar-refractivity contribution in [2.45, 2.75) is 26.9 Å². The van der Waals surface area contributed by atoms with Crippen molar-refractivity contribution in [2.75, 3.05) is 13.7 Å². The number of rotatable bonds is 6. The smallest absolute Gasteiger partial charge is 0.340 e. The van der Waals surface area contributed by atoms with E-state index in [2.05, 4.69) is 4.90 Å². The molecule has 0 N–H and O–H groups in total.